The summed E-state index contributed by atoms with van der Waals surface area (Å²) >= 11 is 0. The molecule has 0 unspecified atom stereocenters. The third kappa shape index (κ3) is 2.76. The molecule has 15 heavy (non-hydrogen) atoms. The van der Waals surface area contributed by atoms with Crippen molar-refractivity contribution >= 4 is 0 Å². The SMILES string of the molecule is Cc1ncccc1CN1CCN(C)CC1. The Kier molecular flexibility index (Phi) is 3.34. The molecule has 0 aliphatic carbocycles. The van der Waals surface area contributed by atoms with Crippen molar-refractivity contribution in [2.45, 2.75) is 13.5 Å². The molecule has 1 aromatic heterocycles. The summed E-state index contributed by atoms with van der Waals surface area (Å²) in [5.74, 6) is 0. The van der Waals surface area contributed by atoms with E-state index in [0.29, 0.717) is 0 Å². The number of piperazine rings is 1. The van der Waals surface area contributed by atoms with Crippen LogP contribution in [0.15, 0.2) is 18.3 Å². The van der Waals surface area contributed by atoms with Gasteiger partial charge in [-0.1, -0.05) is 6.07 Å². The molecule has 0 amide bonds. The van der Waals surface area contributed by atoms with E-state index in [-0.39, 0.29) is 0 Å². The highest BCUT2D eigenvalue weighted by atomic mass is 15.2. The van der Waals surface area contributed by atoms with Gasteiger partial charge in [0.15, 0.2) is 0 Å². The average molecular weight is 205 g/mol. The van der Waals surface area contributed by atoms with Gasteiger partial charge >= 0.3 is 0 Å². The summed E-state index contributed by atoms with van der Waals surface area (Å²) in [6.45, 7) is 7.84. The quantitative estimate of drug-likeness (QED) is 0.721. The maximum Gasteiger partial charge on any atom is 0.0417 e. The number of likely N-dealkylation sites (N-methyl/N-ethyl adjacent to an activating group) is 1. The minimum absolute atomic E-state index is 1.05. The van der Waals surface area contributed by atoms with Crippen LogP contribution in [0.4, 0.5) is 0 Å². The van der Waals surface area contributed by atoms with Gasteiger partial charge in [0.05, 0.1) is 0 Å². The third-order valence-corrected chi connectivity index (χ3v) is 3.11. The highest BCUT2D eigenvalue weighted by Gasteiger charge is 2.14. The number of aryl methyl sites for hydroxylation is 1. The van der Waals surface area contributed by atoms with Gasteiger partial charge < -0.3 is 4.90 Å². The third-order valence-electron chi connectivity index (χ3n) is 3.11. The molecule has 0 aromatic carbocycles. The summed E-state index contributed by atoms with van der Waals surface area (Å²) in [4.78, 5) is 9.21. The van der Waals surface area contributed by atoms with Crippen LogP contribution in [-0.2, 0) is 6.54 Å². The van der Waals surface area contributed by atoms with Crippen LogP contribution in [0.25, 0.3) is 0 Å². The van der Waals surface area contributed by atoms with Gasteiger partial charge in [-0.15, -0.1) is 0 Å². The molecule has 1 aliphatic rings. The summed E-state index contributed by atoms with van der Waals surface area (Å²) < 4.78 is 0. The maximum atomic E-state index is 4.32. The molecular formula is C12H19N3. The fourth-order valence-electron chi connectivity index (χ4n) is 1.93. The number of aromatic nitrogens is 1. The van der Waals surface area contributed by atoms with Gasteiger partial charge in [-0.3, -0.25) is 9.88 Å². The van der Waals surface area contributed by atoms with Crippen molar-refractivity contribution in [3.8, 4) is 0 Å². The smallest absolute Gasteiger partial charge is 0.0417 e. The standard InChI is InChI=1S/C12H19N3/c1-11-12(4-3-5-13-11)10-15-8-6-14(2)7-9-15/h3-5H,6-10H2,1-2H3. The number of hydrogen-bond donors (Lipinski definition) is 0. The second kappa shape index (κ2) is 4.73. The summed E-state index contributed by atoms with van der Waals surface area (Å²) in [6.07, 6.45) is 1.86. The highest BCUT2D eigenvalue weighted by molar-refractivity contribution is 5.18. The van der Waals surface area contributed by atoms with Crippen LogP contribution < -0.4 is 0 Å². The van der Waals surface area contributed by atoms with Crippen molar-refractivity contribution in [1.82, 2.24) is 14.8 Å². The van der Waals surface area contributed by atoms with Gasteiger partial charge in [0.25, 0.3) is 0 Å². The van der Waals surface area contributed by atoms with Gasteiger partial charge in [0.1, 0.15) is 0 Å². The molecule has 1 saturated heterocycles. The predicted molar refractivity (Wildman–Crippen MR) is 61.7 cm³/mol. The summed E-state index contributed by atoms with van der Waals surface area (Å²) in [6, 6.07) is 4.21. The summed E-state index contributed by atoms with van der Waals surface area (Å²) in [5.41, 5.74) is 2.53. The summed E-state index contributed by atoms with van der Waals surface area (Å²) in [5, 5.41) is 0. The van der Waals surface area contributed by atoms with Gasteiger partial charge in [0, 0.05) is 44.6 Å². The van der Waals surface area contributed by atoms with Gasteiger partial charge in [-0.05, 0) is 25.6 Å². The topological polar surface area (TPSA) is 19.4 Å². The number of rotatable bonds is 2. The van der Waals surface area contributed by atoms with E-state index in [2.05, 4.69) is 34.8 Å². The normalized spacial score (nSPS) is 19.3. The van der Waals surface area contributed by atoms with Crippen LogP contribution in [0.1, 0.15) is 11.3 Å². The molecule has 1 aromatic rings. The van der Waals surface area contributed by atoms with Crippen molar-refractivity contribution in [3.05, 3.63) is 29.6 Å². The van der Waals surface area contributed by atoms with Crippen molar-refractivity contribution in [2.75, 3.05) is 33.2 Å². The molecule has 2 rings (SSSR count). The van der Waals surface area contributed by atoms with E-state index in [4.69, 9.17) is 0 Å². The second-order valence-electron chi connectivity index (χ2n) is 4.33. The van der Waals surface area contributed by atoms with E-state index in [0.717, 1.165) is 12.2 Å². The zero-order chi connectivity index (χ0) is 10.7. The Labute approximate surface area is 91.7 Å². The lowest BCUT2D eigenvalue weighted by molar-refractivity contribution is 0.148. The first-order valence-electron chi connectivity index (χ1n) is 5.57. The molecule has 3 heteroatoms. The molecule has 3 nitrogen and oxygen atoms in total. The van der Waals surface area contributed by atoms with Crippen LogP contribution in [0, 0.1) is 6.92 Å². The largest absolute Gasteiger partial charge is 0.304 e. The number of hydrogen-bond acceptors (Lipinski definition) is 3. The molecule has 82 valence electrons. The first kappa shape index (κ1) is 10.6. The molecule has 0 atom stereocenters. The second-order valence-corrected chi connectivity index (χ2v) is 4.33. The molecule has 0 saturated carbocycles. The van der Waals surface area contributed by atoms with Crippen molar-refractivity contribution in [1.29, 1.82) is 0 Å². The van der Waals surface area contributed by atoms with Crippen LogP contribution in [0.5, 0.6) is 0 Å². The monoisotopic (exact) mass is 205 g/mol. The van der Waals surface area contributed by atoms with E-state index < -0.39 is 0 Å². The Morgan fingerprint density at radius 3 is 2.67 bits per heavy atom. The van der Waals surface area contributed by atoms with E-state index in [9.17, 15) is 0 Å². The molecule has 2 heterocycles. The Bertz CT molecular complexity index is 316. The molecule has 1 aliphatic heterocycles. The van der Waals surface area contributed by atoms with Crippen molar-refractivity contribution in [3.63, 3.8) is 0 Å². The number of nitrogens with zero attached hydrogens (tertiary/aromatic N) is 3. The highest BCUT2D eigenvalue weighted by Crippen LogP contribution is 2.09. The zero-order valence-electron chi connectivity index (χ0n) is 9.61. The van der Waals surface area contributed by atoms with Crippen molar-refractivity contribution in [2.24, 2.45) is 0 Å². The van der Waals surface area contributed by atoms with E-state index in [1.807, 2.05) is 12.3 Å². The fourth-order valence-corrected chi connectivity index (χ4v) is 1.93. The summed E-state index contributed by atoms with van der Waals surface area (Å²) in [7, 11) is 2.19. The molecule has 0 radical (unpaired) electrons. The van der Waals surface area contributed by atoms with Crippen molar-refractivity contribution < 1.29 is 0 Å². The first-order chi connectivity index (χ1) is 7.25. The van der Waals surface area contributed by atoms with E-state index in [1.165, 1.54) is 31.7 Å². The first-order valence-corrected chi connectivity index (χ1v) is 5.57. The predicted octanol–water partition coefficient (Wildman–Crippen LogP) is 1.14. The average Bonchev–Trinajstić information content (AvgIpc) is 2.25. The van der Waals surface area contributed by atoms with Crippen LogP contribution in [0.3, 0.4) is 0 Å². The molecule has 1 fully saturated rings. The van der Waals surface area contributed by atoms with Crippen LogP contribution in [0.2, 0.25) is 0 Å². The molecule has 0 bridgehead atoms. The Morgan fingerprint density at radius 1 is 1.27 bits per heavy atom. The molecule has 0 spiro atoms. The zero-order valence-corrected chi connectivity index (χ0v) is 9.61. The minimum Gasteiger partial charge on any atom is -0.304 e. The van der Waals surface area contributed by atoms with Gasteiger partial charge in [0.2, 0.25) is 0 Å². The Balaban J connectivity index is 1.95. The van der Waals surface area contributed by atoms with Gasteiger partial charge in [-0.2, -0.15) is 0 Å². The number of pyridine rings is 1. The molecular weight excluding hydrogens is 186 g/mol. The van der Waals surface area contributed by atoms with Crippen LogP contribution >= 0.6 is 0 Å². The lowest BCUT2D eigenvalue weighted by atomic mass is 10.2. The van der Waals surface area contributed by atoms with Crippen LogP contribution in [-0.4, -0.2) is 48.0 Å². The Morgan fingerprint density at radius 2 is 2.00 bits per heavy atom. The fraction of sp³-hybridized carbons (Fsp3) is 0.583. The minimum atomic E-state index is 1.05. The van der Waals surface area contributed by atoms with E-state index >= 15 is 0 Å². The van der Waals surface area contributed by atoms with E-state index in [1.54, 1.807) is 0 Å². The lowest BCUT2D eigenvalue weighted by Gasteiger charge is -2.32. The van der Waals surface area contributed by atoms with Gasteiger partial charge in [-0.25, -0.2) is 0 Å². The Hall–Kier alpha value is -0.930. The molecule has 0 N–H and O–H groups in total. The lowest BCUT2D eigenvalue weighted by Crippen LogP contribution is -2.43. The maximum absolute atomic E-state index is 4.32.